The molecule has 1 N–H and O–H groups in total. The minimum atomic E-state index is -0.585. The van der Waals surface area contributed by atoms with Gasteiger partial charge in [0, 0.05) is 18.3 Å². The molecule has 0 fully saturated rings. The first kappa shape index (κ1) is 16.4. The van der Waals surface area contributed by atoms with E-state index in [9.17, 15) is 5.11 Å². The predicted octanol–water partition coefficient (Wildman–Crippen LogP) is 2.85. The highest BCUT2D eigenvalue weighted by Gasteiger charge is 2.12. The first-order valence-electron chi connectivity index (χ1n) is 7.65. The molecule has 0 aliphatic carbocycles. The summed E-state index contributed by atoms with van der Waals surface area (Å²) in [5.74, 6) is 2.84. The van der Waals surface area contributed by atoms with Crippen LogP contribution in [0.1, 0.15) is 32.5 Å². The van der Waals surface area contributed by atoms with Crippen molar-refractivity contribution in [3.05, 3.63) is 42.5 Å². The van der Waals surface area contributed by atoms with E-state index in [4.69, 9.17) is 9.47 Å². The number of nitrogens with zero attached hydrogens (tertiary/aromatic N) is 2. The number of rotatable bonds is 8. The van der Waals surface area contributed by atoms with Gasteiger partial charge in [0.05, 0.1) is 13.2 Å². The molecule has 2 rings (SSSR count). The van der Waals surface area contributed by atoms with Crippen molar-refractivity contribution in [2.24, 2.45) is 0 Å². The summed E-state index contributed by atoms with van der Waals surface area (Å²) in [6.45, 7) is 7.47. The van der Waals surface area contributed by atoms with Crippen molar-refractivity contribution in [3.8, 4) is 11.5 Å². The maximum Gasteiger partial charge on any atom is 0.119 e. The van der Waals surface area contributed by atoms with Gasteiger partial charge in [0.25, 0.3) is 0 Å². The van der Waals surface area contributed by atoms with Crippen LogP contribution in [0.25, 0.3) is 0 Å². The third-order valence-corrected chi connectivity index (χ3v) is 3.25. The lowest BCUT2D eigenvalue weighted by atomic mass is 10.2. The highest BCUT2D eigenvalue weighted by molar-refractivity contribution is 5.31. The fraction of sp³-hybridized carbons (Fsp3) is 0.471. The summed E-state index contributed by atoms with van der Waals surface area (Å²) >= 11 is 0. The number of aliphatic hydroxyl groups excluding tert-OH is 1. The summed E-state index contributed by atoms with van der Waals surface area (Å²) in [6, 6.07) is 7.40. The Morgan fingerprint density at radius 2 is 1.77 bits per heavy atom. The molecule has 1 heterocycles. The van der Waals surface area contributed by atoms with E-state index >= 15 is 0 Å². The number of hydrogen-bond donors (Lipinski definition) is 1. The largest absolute Gasteiger partial charge is 0.494 e. The van der Waals surface area contributed by atoms with Gasteiger partial charge in [-0.05, 0) is 31.2 Å². The second-order valence-corrected chi connectivity index (χ2v) is 5.46. The third kappa shape index (κ3) is 4.49. The Bertz CT molecular complexity index is 564. The van der Waals surface area contributed by atoms with Crippen molar-refractivity contribution >= 4 is 0 Å². The molecule has 0 aliphatic rings. The Morgan fingerprint density at radius 1 is 1.14 bits per heavy atom. The van der Waals surface area contributed by atoms with Crippen LogP contribution in [0, 0.1) is 0 Å². The van der Waals surface area contributed by atoms with E-state index in [2.05, 4.69) is 18.8 Å². The van der Waals surface area contributed by atoms with Crippen LogP contribution in [0.15, 0.2) is 36.7 Å². The van der Waals surface area contributed by atoms with Crippen LogP contribution in [-0.2, 0) is 6.54 Å². The highest BCUT2D eigenvalue weighted by atomic mass is 16.5. The van der Waals surface area contributed by atoms with Crippen LogP contribution in [0.5, 0.6) is 11.5 Å². The summed E-state index contributed by atoms with van der Waals surface area (Å²) in [5, 5.41) is 10.1. The van der Waals surface area contributed by atoms with Crippen molar-refractivity contribution in [1.29, 1.82) is 0 Å². The molecule has 1 unspecified atom stereocenters. The Labute approximate surface area is 131 Å². The minimum Gasteiger partial charge on any atom is -0.494 e. The molecule has 0 radical (unpaired) electrons. The normalized spacial score (nSPS) is 12.4. The monoisotopic (exact) mass is 304 g/mol. The Morgan fingerprint density at radius 3 is 2.36 bits per heavy atom. The van der Waals surface area contributed by atoms with E-state index in [0.29, 0.717) is 19.1 Å². The van der Waals surface area contributed by atoms with Gasteiger partial charge in [-0.2, -0.15) is 0 Å². The summed E-state index contributed by atoms with van der Waals surface area (Å²) in [7, 11) is 0. The minimum absolute atomic E-state index is 0.240. The molecule has 120 valence electrons. The van der Waals surface area contributed by atoms with E-state index < -0.39 is 6.10 Å². The molecular formula is C17H24N2O3. The van der Waals surface area contributed by atoms with Crippen LogP contribution in [0.2, 0.25) is 0 Å². The van der Waals surface area contributed by atoms with Gasteiger partial charge in [-0.1, -0.05) is 13.8 Å². The number of hydrogen-bond acceptors (Lipinski definition) is 4. The summed E-state index contributed by atoms with van der Waals surface area (Å²) in [6.07, 6.45) is 3.06. The lowest BCUT2D eigenvalue weighted by molar-refractivity contribution is 0.0915. The van der Waals surface area contributed by atoms with Gasteiger partial charge in [-0.25, -0.2) is 4.98 Å². The van der Waals surface area contributed by atoms with Crippen LogP contribution >= 0.6 is 0 Å². The number of ether oxygens (including phenoxy) is 2. The number of imidazole rings is 1. The molecule has 0 amide bonds. The number of aliphatic hydroxyl groups is 1. The van der Waals surface area contributed by atoms with Crippen molar-refractivity contribution in [3.63, 3.8) is 0 Å². The zero-order chi connectivity index (χ0) is 15.9. The lowest BCUT2D eigenvalue weighted by Crippen LogP contribution is -2.24. The molecule has 1 aromatic heterocycles. The van der Waals surface area contributed by atoms with Gasteiger partial charge in [0.2, 0.25) is 0 Å². The van der Waals surface area contributed by atoms with Gasteiger partial charge in [0.1, 0.15) is 30.0 Å². The summed E-state index contributed by atoms with van der Waals surface area (Å²) in [4.78, 5) is 4.31. The third-order valence-electron chi connectivity index (χ3n) is 3.25. The zero-order valence-electron chi connectivity index (χ0n) is 13.4. The average molecular weight is 304 g/mol. The molecule has 5 nitrogen and oxygen atoms in total. The van der Waals surface area contributed by atoms with E-state index in [1.807, 2.05) is 42.0 Å². The van der Waals surface area contributed by atoms with Crippen molar-refractivity contribution in [2.45, 2.75) is 39.3 Å². The Kier molecular flexibility index (Phi) is 5.83. The second-order valence-electron chi connectivity index (χ2n) is 5.46. The van der Waals surface area contributed by atoms with E-state index in [1.165, 1.54) is 0 Å². The van der Waals surface area contributed by atoms with Gasteiger partial charge < -0.3 is 19.1 Å². The molecule has 0 spiro atoms. The zero-order valence-corrected chi connectivity index (χ0v) is 13.4. The first-order valence-corrected chi connectivity index (χ1v) is 7.65. The molecule has 5 heteroatoms. The molecule has 2 aromatic rings. The predicted molar refractivity (Wildman–Crippen MR) is 85.4 cm³/mol. The molecule has 0 saturated heterocycles. The molecule has 1 atom stereocenters. The van der Waals surface area contributed by atoms with E-state index in [1.54, 1.807) is 6.20 Å². The van der Waals surface area contributed by atoms with Gasteiger partial charge in [-0.15, -0.1) is 0 Å². The Balaban J connectivity index is 1.84. The van der Waals surface area contributed by atoms with Crippen LogP contribution in [0.4, 0.5) is 0 Å². The van der Waals surface area contributed by atoms with E-state index in [0.717, 1.165) is 17.3 Å². The lowest BCUT2D eigenvalue weighted by Gasteiger charge is -2.16. The standard InChI is InChI=1S/C17H24N2O3/c1-4-21-15-5-7-16(8-6-15)22-12-14(20)11-19-10-9-18-17(19)13(2)3/h5-10,13-14,20H,4,11-12H2,1-3H3. The summed E-state index contributed by atoms with van der Waals surface area (Å²) < 4.78 is 13.0. The fourth-order valence-corrected chi connectivity index (χ4v) is 2.25. The van der Waals surface area contributed by atoms with E-state index in [-0.39, 0.29) is 6.61 Å². The smallest absolute Gasteiger partial charge is 0.119 e. The molecule has 0 bridgehead atoms. The number of benzene rings is 1. The van der Waals surface area contributed by atoms with Crippen molar-refractivity contribution in [1.82, 2.24) is 9.55 Å². The van der Waals surface area contributed by atoms with Crippen molar-refractivity contribution < 1.29 is 14.6 Å². The van der Waals surface area contributed by atoms with Crippen molar-refractivity contribution in [2.75, 3.05) is 13.2 Å². The quantitative estimate of drug-likeness (QED) is 0.815. The van der Waals surface area contributed by atoms with Gasteiger partial charge >= 0.3 is 0 Å². The Hall–Kier alpha value is -2.01. The van der Waals surface area contributed by atoms with Crippen LogP contribution < -0.4 is 9.47 Å². The molecule has 0 aliphatic heterocycles. The topological polar surface area (TPSA) is 56.5 Å². The fourth-order valence-electron chi connectivity index (χ4n) is 2.25. The van der Waals surface area contributed by atoms with Crippen LogP contribution in [0.3, 0.4) is 0 Å². The molecule has 22 heavy (non-hydrogen) atoms. The second kappa shape index (κ2) is 7.84. The van der Waals surface area contributed by atoms with Crippen LogP contribution in [-0.4, -0.2) is 34.0 Å². The summed E-state index contributed by atoms with van der Waals surface area (Å²) in [5.41, 5.74) is 0. The number of aromatic nitrogens is 2. The van der Waals surface area contributed by atoms with Gasteiger partial charge in [0.15, 0.2) is 0 Å². The SMILES string of the molecule is CCOc1ccc(OCC(O)Cn2ccnc2C(C)C)cc1. The first-order chi connectivity index (χ1) is 10.6. The maximum atomic E-state index is 10.1. The highest BCUT2D eigenvalue weighted by Crippen LogP contribution is 2.18. The molecular weight excluding hydrogens is 280 g/mol. The molecule has 0 saturated carbocycles. The maximum absolute atomic E-state index is 10.1. The molecule has 1 aromatic carbocycles. The van der Waals surface area contributed by atoms with Gasteiger partial charge in [-0.3, -0.25) is 0 Å². The average Bonchev–Trinajstić information content (AvgIpc) is 2.95.